The van der Waals surface area contributed by atoms with E-state index in [0.29, 0.717) is 10.5 Å². The zero-order chi connectivity index (χ0) is 22.1. The molecule has 0 atom stereocenters. The minimum Gasteiger partial charge on any atom is -0.268 e. The molecule has 0 N–H and O–H groups in total. The lowest BCUT2D eigenvalue weighted by Gasteiger charge is -2.13. The lowest BCUT2D eigenvalue weighted by atomic mass is 10.0. The molecule has 3 nitrogen and oxygen atoms in total. The number of nitrogens with zero attached hydrogens (tertiary/aromatic N) is 2. The summed E-state index contributed by atoms with van der Waals surface area (Å²) in [6.45, 7) is 2.07. The van der Waals surface area contributed by atoms with E-state index in [1.807, 2.05) is 60.7 Å². The number of para-hydroxylation sites is 1. The molecule has 0 aliphatic rings. The predicted octanol–water partition coefficient (Wildman–Crippen LogP) is 7.48. The summed E-state index contributed by atoms with van der Waals surface area (Å²) in [4.78, 5) is 20.8. The van der Waals surface area contributed by atoms with Crippen molar-refractivity contribution in [3.63, 3.8) is 0 Å². The van der Waals surface area contributed by atoms with Crippen LogP contribution in [0.3, 0.4) is 0 Å². The maximum absolute atomic E-state index is 13.9. The first-order chi connectivity index (χ1) is 15.6. The average Bonchev–Trinajstić information content (AvgIpc) is 3.16. The van der Waals surface area contributed by atoms with Crippen LogP contribution in [0.25, 0.3) is 27.0 Å². The molecule has 3 aromatic carbocycles. The first kappa shape index (κ1) is 21.2. The van der Waals surface area contributed by atoms with Crippen molar-refractivity contribution in [1.82, 2.24) is 9.55 Å². The molecular weight excluding hydrogens is 500 g/mol. The number of aryl methyl sites for hydroxylation is 1. The first-order valence-electron chi connectivity index (χ1n) is 10.2. The molecule has 32 heavy (non-hydrogen) atoms. The molecule has 0 radical (unpaired) electrons. The maximum atomic E-state index is 13.9. The molecule has 0 saturated carbocycles. The molecule has 0 aliphatic carbocycles. The molecule has 0 aliphatic heterocycles. The number of hydrogen-bond acceptors (Lipinski definition) is 4. The van der Waals surface area contributed by atoms with Crippen LogP contribution in [0.5, 0.6) is 0 Å². The average molecular weight is 519 g/mol. The number of thiophene rings is 1. The Bertz CT molecular complexity index is 1440. The summed E-state index contributed by atoms with van der Waals surface area (Å²) in [6, 6.07) is 28.1. The van der Waals surface area contributed by atoms with Crippen molar-refractivity contribution in [2.24, 2.45) is 0 Å². The Kier molecular flexibility index (Phi) is 6.00. The van der Waals surface area contributed by atoms with E-state index in [1.165, 1.54) is 5.56 Å². The number of benzene rings is 3. The van der Waals surface area contributed by atoms with Gasteiger partial charge in [-0.3, -0.25) is 9.36 Å². The number of fused-ring (bicyclic) bond motifs is 1. The monoisotopic (exact) mass is 518 g/mol. The molecule has 158 valence electrons. The summed E-state index contributed by atoms with van der Waals surface area (Å²) >= 11 is 6.65. The predicted molar refractivity (Wildman–Crippen MR) is 139 cm³/mol. The number of rotatable bonds is 5. The second-order valence-corrected chi connectivity index (χ2v) is 10.4. The zero-order valence-electron chi connectivity index (χ0n) is 17.3. The minimum atomic E-state index is -0.0253. The van der Waals surface area contributed by atoms with Gasteiger partial charge in [0.1, 0.15) is 4.83 Å². The van der Waals surface area contributed by atoms with E-state index in [0.717, 1.165) is 36.7 Å². The summed E-state index contributed by atoms with van der Waals surface area (Å²) < 4.78 is 2.80. The highest BCUT2D eigenvalue weighted by molar-refractivity contribution is 9.10. The van der Waals surface area contributed by atoms with Gasteiger partial charge in [-0.1, -0.05) is 88.4 Å². The Morgan fingerprint density at radius 1 is 0.938 bits per heavy atom. The van der Waals surface area contributed by atoms with Crippen molar-refractivity contribution in [1.29, 1.82) is 0 Å². The number of aromatic nitrogens is 2. The van der Waals surface area contributed by atoms with E-state index < -0.39 is 0 Å². The molecule has 2 aromatic heterocycles. The van der Waals surface area contributed by atoms with Crippen molar-refractivity contribution in [3.05, 3.63) is 110 Å². The molecule has 5 aromatic rings. The highest BCUT2D eigenvalue weighted by Gasteiger charge is 2.20. The Labute approximate surface area is 202 Å². The molecule has 0 unspecified atom stereocenters. The summed E-state index contributed by atoms with van der Waals surface area (Å²) in [5, 5.41) is 1.40. The van der Waals surface area contributed by atoms with Crippen LogP contribution in [0.4, 0.5) is 0 Å². The van der Waals surface area contributed by atoms with Crippen LogP contribution in [0, 0.1) is 6.92 Å². The third kappa shape index (κ3) is 4.06. The van der Waals surface area contributed by atoms with Crippen molar-refractivity contribution in [3.8, 4) is 16.8 Å². The van der Waals surface area contributed by atoms with Gasteiger partial charge in [0, 0.05) is 20.7 Å². The molecule has 2 heterocycles. The topological polar surface area (TPSA) is 34.9 Å². The van der Waals surface area contributed by atoms with E-state index in [4.69, 9.17) is 4.98 Å². The van der Waals surface area contributed by atoms with Crippen LogP contribution < -0.4 is 5.56 Å². The molecule has 0 fully saturated rings. The van der Waals surface area contributed by atoms with Gasteiger partial charge in [0.25, 0.3) is 5.56 Å². The van der Waals surface area contributed by atoms with E-state index >= 15 is 0 Å². The molecule has 0 spiro atoms. The highest BCUT2D eigenvalue weighted by atomic mass is 79.9. The minimum absolute atomic E-state index is 0.0253. The molecular formula is C26H19BrN2OS2. The molecule has 6 heteroatoms. The van der Waals surface area contributed by atoms with E-state index in [9.17, 15) is 4.79 Å². The van der Waals surface area contributed by atoms with Gasteiger partial charge in [-0.05, 0) is 42.3 Å². The van der Waals surface area contributed by atoms with Gasteiger partial charge in [-0.25, -0.2) is 4.98 Å². The van der Waals surface area contributed by atoms with Crippen LogP contribution in [-0.2, 0) is 5.75 Å². The SMILES string of the molecule is Cc1sc2nc(SCc3ccc(Br)cc3)n(-c3ccccc3)c(=O)c2c1-c1ccccc1. The van der Waals surface area contributed by atoms with Crippen LogP contribution in [0.1, 0.15) is 10.4 Å². The summed E-state index contributed by atoms with van der Waals surface area (Å²) in [5.74, 6) is 0.730. The normalized spacial score (nSPS) is 11.2. The smallest absolute Gasteiger partial charge is 0.268 e. The number of halogens is 1. The van der Waals surface area contributed by atoms with E-state index in [-0.39, 0.29) is 5.56 Å². The first-order valence-corrected chi connectivity index (χ1v) is 12.8. The van der Waals surface area contributed by atoms with Gasteiger partial charge in [-0.2, -0.15) is 0 Å². The van der Waals surface area contributed by atoms with Gasteiger partial charge < -0.3 is 0 Å². The second kappa shape index (κ2) is 9.06. The Balaban J connectivity index is 1.70. The quantitative estimate of drug-likeness (QED) is 0.178. The van der Waals surface area contributed by atoms with Crippen molar-refractivity contribution in [2.45, 2.75) is 17.8 Å². The number of hydrogen-bond donors (Lipinski definition) is 0. The van der Waals surface area contributed by atoms with Gasteiger partial charge in [-0.15, -0.1) is 11.3 Å². The van der Waals surface area contributed by atoms with Crippen molar-refractivity contribution >= 4 is 49.2 Å². The lowest BCUT2D eigenvalue weighted by Crippen LogP contribution is -2.21. The van der Waals surface area contributed by atoms with Gasteiger partial charge >= 0.3 is 0 Å². The van der Waals surface area contributed by atoms with Gasteiger partial charge in [0.15, 0.2) is 5.16 Å². The van der Waals surface area contributed by atoms with Gasteiger partial charge in [0.05, 0.1) is 11.1 Å². The van der Waals surface area contributed by atoms with Crippen molar-refractivity contribution < 1.29 is 0 Å². The fourth-order valence-electron chi connectivity index (χ4n) is 3.73. The van der Waals surface area contributed by atoms with E-state index in [1.54, 1.807) is 27.7 Å². The molecule has 5 rings (SSSR count). The number of thioether (sulfide) groups is 1. The largest absolute Gasteiger partial charge is 0.268 e. The summed E-state index contributed by atoms with van der Waals surface area (Å²) in [5.41, 5.74) is 4.01. The second-order valence-electron chi connectivity index (χ2n) is 7.37. The Morgan fingerprint density at radius 3 is 2.28 bits per heavy atom. The summed E-state index contributed by atoms with van der Waals surface area (Å²) in [7, 11) is 0. The van der Waals surface area contributed by atoms with Crippen LogP contribution >= 0.6 is 39.0 Å². The Morgan fingerprint density at radius 2 is 1.59 bits per heavy atom. The highest BCUT2D eigenvalue weighted by Crippen LogP contribution is 2.37. The fourth-order valence-corrected chi connectivity index (χ4v) is 6.04. The Hall–Kier alpha value is -2.67. The molecule has 0 amide bonds. The molecule has 0 bridgehead atoms. The third-order valence-corrected chi connectivity index (χ3v) is 7.77. The summed E-state index contributed by atoms with van der Waals surface area (Å²) in [6.07, 6.45) is 0. The lowest BCUT2D eigenvalue weighted by molar-refractivity contribution is 0.822. The maximum Gasteiger partial charge on any atom is 0.268 e. The fraction of sp³-hybridized carbons (Fsp3) is 0.0769. The van der Waals surface area contributed by atoms with Crippen LogP contribution in [-0.4, -0.2) is 9.55 Å². The molecule has 0 saturated heterocycles. The standard InChI is InChI=1S/C26H19BrN2OS2/c1-17-22(19-8-4-2-5-9-19)23-24(32-17)28-26(31-16-18-12-14-20(27)15-13-18)29(25(23)30)21-10-6-3-7-11-21/h2-15H,16H2,1H3. The van der Waals surface area contributed by atoms with Crippen LogP contribution in [0.2, 0.25) is 0 Å². The van der Waals surface area contributed by atoms with Crippen molar-refractivity contribution in [2.75, 3.05) is 0 Å². The third-order valence-electron chi connectivity index (χ3n) is 5.23. The van der Waals surface area contributed by atoms with E-state index in [2.05, 4.69) is 47.1 Å². The zero-order valence-corrected chi connectivity index (χ0v) is 20.5. The van der Waals surface area contributed by atoms with Crippen LogP contribution in [0.15, 0.2) is 99.4 Å². The van der Waals surface area contributed by atoms with Gasteiger partial charge in [0.2, 0.25) is 0 Å².